The Bertz CT molecular complexity index is 171. The lowest BCUT2D eigenvalue weighted by atomic mass is 10.4. The van der Waals surface area contributed by atoms with Crippen LogP contribution in [0.4, 0.5) is 0 Å². The highest BCUT2D eigenvalue weighted by atomic mass is 32.1. The van der Waals surface area contributed by atoms with Gasteiger partial charge in [0.1, 0.15) is 0 Å². The Morgan fingerprint density at radius 1 is 1.62 bits per heavy atom. The van der Waals surface area contributed by atoms with Crippen LogP contribution in [0.3, 0.4) is 0 Å². The van der Waals surface area contributed by atoms with Crippen LogP contribution in [-0.2, 0) is 4.74 Å². The Balaban J connectivity index is 2.03. The molecule has 4 heteroatoms. The van der Waals surface area contributed by atoms with Gasteiger partial charge in [-0.3, -0.25) is 0 Å². The quantitative estimate of drug-likeness (QED) is 0.653. The fourth-order valence-electron chi connectivity index (χ4n) is 1.01. The zero-order valence-corrected chi connectivity index (χ0v) is 9.12. The molecule has 1 rings (SSSR count). The molecule has 1 aliphatic rings. The first-order chi connectivity index (χ1) is 6.22. The van der Waals surface area contributed by atoms with E-state index in [0.717, 1.165) is 11.7 Å². The van der Waals surface area contributed by atoms with Crippen LogP contribution in [0.1, 0.15) is 26.7 Å². The van der Waals surface area contributed by atoms with Crippen LogP contribution in [-0.4, -0.2) is 30.4 Å². The summed E-state index contributed by atoms with van der Waals surface area (Å²) < 4.78 is 5.27. The van der Waals surface area contributed by atoms with Crippen LogP contribution in [0.2, 0.25) is 0 Å². The van der Waals surface area contributed by atoms with Gasteiger partial charge >= 0.3 is 0 Å². The van der Waals surface area contributed by atoms with Gasteiger partial charge < -0.3 is 15.4 Å². The van der Waals surface area contributed by atoms with E-state index in [0.29, 0.717) is 18.7 Å². The zero-order chi connectivity index (χ0) is 9.68. The lowest BCUT2D eigenvalue weighted by Gasteiger charge is -2.16. The lowest BCUT2D eigenvalue weighted by molar-refractivity contribution is 0.132. The molecule has 0 heterocycles. The molecule has 0 aliphatic heterocycles. The van der Waals surface area contributed by atoms with E-state index in [1.807, 2.05) is 6.92 Å². The first kappa shape index (κ1) is 10.7. The minimum atomic E-state index is 0.290. The molecule has 0 aromatic rings. The maximum Gasteiger partial charge on any atom is 0.166 e. The highest BCUT2D eigenvalue weighted by Crippen LogP contribution is 2.18. The Labute approximate surface area is 85.2 Å². The van der Waals surface area contributed by atoms with Crippen LogP contribution < -0.4 is 10.6 Å². The van der Waals surface area contributed by atoms with Gasteiger partial charge in [-0.1, -0.05) is 0 Å². The summed E-state index contributed by atoms with van der Waals surface area (Å²) in [5.41, 5.74) is 0. The highest BCUT2D eigenvalue weighted by Gasteiger charge is 2.21. The fourth-order valence-corrected chi connectivity index (χ4v) is 1.38. The third kappa shape index (κ3) is 5.05. The second-order valence-corrected chi connectivity index (χ2v) is 3.86. The normalized spacial score (nSPS) is 18.0. The molecule has 1 fully saturated rings. The minimum Gasteiger partial charge on any atom is -0.380 e. The largest absolute Gasteiger partial charge is 0.380 e. The SMILES string of the molecule is CCOCC(C)NC(=S)NC1CC1. The van der Waals surface area contributed by atoms with Crippen molar-refractivity contribution in [3.05, 3.63) is 0 Å². The number of nitrogens with one attached hydrogen (secondary N) is 2. The van der Waals surface area contributed by atoms with Crippen molar-refractivity contribution in [3.8, 4) is 0 Å². The van der Waals surface area contributed by atoms with Crippen molar-refractivity contribution in [2.75, 3.05) is 13.2 Å². The fraction of sp³-hybridized carbons (Fsp3) is 0.889. The average molecular weight is 202 g/mol. The zero-order valence-electron chi connectivity index (χ0n) is 8.30. The van der Waals surface area contributed by atoms with Crippen molar-refractivity contribution in [2.24, 2.45) is 0 Å². The molecule has 0 aromatic carbocycles. The van der Waals surface area contributed by atoms with Crippen molar-refractivity contribution in [2.45, 2.75) is 38.8 Å². The van der Waals surface area contributed by atoms with E-state index in [9.17, 15) is 0 Å². The smallest absolute Gasteiger partial charge is 0.166 e. The summed E-state index contributed by atoms with van der Waals surface area (Å²) in [6.07, 6.45) is 2.50. The minimum absolute atomic E-state index is 0.290. The van der Waals surface area contributed by atoms with Crippen molar-refractivity contribution >= 4 is 17.3 Å². The van der Waals surface area contributed by atoms with Gasteiger partial charge in [-0.2, -0.15) is 0 Å². The summed E-state index contributed by atoms with van der Waals surface area (Å²) in [4.78, 5) is 0. The van der Waals surface area contributed by atoms with Gasteiger partial charge in [0.25, 0.3) is 0 Å². The van der Waals surface area contributed by atoms with E-state index in [-0.39, 0.29) is 0 Å². The summed E-state index contributed by atoms with van der Waals surface area (Å²) in [6.45, 7) is 5.53. The van der Waals surface area contributed by atoms with E-state index in [1.165, 1.54) is 12.8 Å². The maximum absolute atomic E-state index is 5.27. The van der Waals surface area contributed by atoms with Crippen LogP contribution in [0.5, 0.6) is 0 Å². The molecule has 0 amide bonds. The van der Waals surface area contributed by atoms with Crippen molar-refractivity contribution in [1.29, 1.82) is 0 Å². The van der Waals surface area contributed by atoms with Crippen LogP contribution >= 0.6 is 12.2 Å². The van der Waals surface area contributed by atoms with Crippen LogP contribution in [0.25, 0.3) is 0 Å². The van der Waals surface area contributed by atoms with Gasteiger partial charge in [0.15, 0.2) is 5.11 Å². The molecule has 1 unspecified atom stereocenters. The molecule has 0 aromatic heterocycles. The number of rotatable bonds is 5. The molecule has 3 nitrogen and oxygen atoms in total. The summed E-state index contributed by atoms with van der Waals surface area (Å²) in [5, 5.41) is 7.17. The van der Waals surface area contributed by atoms with Gasteiger partial charge in [-0.05, 0) is 38.9 Å². The van der Waals surface area contributed by atoms with E-state index >= 15 is 0 Å². The van der Waals surface area contributed by atoms with Gasteiger partial charge in [-0.15, -0.1) is 0 Å². The standard InChI is InChI=1S/C9H18N2OS/c1-3-12-6-7(2)10-9(13)11-8-4-5-8/h7-8H,3-6H2,1-2H3,(H2,10,11,13). The summed E-state index contributed by atoms with van der Waals surface area (Å²) in [5.74, 6) is 0. The summed E-state index contributed by atoms with van der Waals surface area (Å²) in [7, 11) is 0. The predicted octanol–water partition coefficient (Wildman–Crippen LogP) is 1.04. The van der Waals surface area contributed by atoms with Crippen molar-refractivity contribution in [1.82, 2.24) is 10.6 Å². The van der Waals surface area contributed by atoms with Gasteiger partial charge in [0, 0.05) is 18.7 Å². The predicted molar refractivity (Wildman–Crippen MR) is 57.8 cm³/mol. The third-order valence-electron chi connectivity index (χ3n) is 1.86. The third-order valence-corrected chi connectivity index (χ3v) is 2.10. The summed E-state index contributed by atoms with van der Waals surface area (Å²) in [6, 6.07) is 0.915. The van der Waals surface area contributed by atoms with Gasteiger partial charge in [-0.25, -0.2) is 0 Å². The number of hydrogen-bond donors (Lipinski definition) is 2. The average Bonchev–Trinajstić information content (AvgIpc) is 2.84. The lowest BCUT2D eigenvalue weighted by Crippen LogP contribution is -2.43. The molecule has 2 N–H and O–H groups in total. The second-order valence-electron chi connectivity index (χ2n) is 3.45. The van der Waals surface area contributed by atoms with Crippen molar-refractivity contribution < 1.29 is 4.74 Å². The second kappa shape index (κ2) is 5.40. The molecule has 0 spiro atoms. The molecular weight excluding hydrogens is 184 g/mol. The number of thiocarbonyl (C=S) groups is 1. The summed E-state index contributed by atoms with van der Waals surface area (Å²) >= 11 is 5.12. The molecule has 0 radical (unpaired) electrons. The monoisotopic (exact) mass is 202 g/mol. The van der Waals surface area contributed by atoms with E-state index in [4.69, 9.17) is 17.0 Å². The van der Waals surface area contributed by atoms with Gasteiger partial charge in [0.2, 0.25) is 0 Å². The molecule has 1 saturated carbocycles. The Kier molecular flexibility index (Phi) is 4.45. The van der Waals surface area contributed by atoms with Crippen LogP contribution in [0.15, 0.2) is 0 Å². The molecule has 0 saturated heterocycles. The number of hydrogen-bond acceptors (Lipinski definition) is 2. The Hall–Kier alpha value is -0.350. The maximum atomic E-state index is 5.27. The molecular formula is C9H18N2OS. The highest BCUT2D eigenvalue weighted by molar-refractivity contribution is 7.80. The molecule has 13 heavy (non-hydrogen) atoms. The van der Waals surface area contributed by atoms with Crippen LogP contribution in [0, 0.1) is 0 Å². The molecule has 1 aliphatic carbocycles. The van der Waals surface area contributed by atoms with E-state index < -0.39 is 0 Å². The van der Waals surface area contributed by atoms with Gasteiger partial charge in [0.05, 0.1) is 6.61 Å². The first-order valence-electron chi connectivity index (χ1n) is 4.87. The molecule has 1 atom stereocenters. The molecule has 0 bridgehead atoms. The van der Waals surface area contributed by atoms with E-state index in [2.05, 4.69) is 17.6 Å². The van der Waals surface area contributed by atoms with E-state index in [1.54, 1.807) is 0 Å². The molecule has 76 valence electrons. The number of ether oxygens (including phenoxy) is 1. The Morgan fingerprint density at radius 3 is 2.85 bits per heavy atom. The topological polar surface area (TPSA) is 33.3 Å². The van der Waals surface area contributed by atoms with Crippen molar-refractivity contribution in [3.63, 3.8) is 0 Å². The Morgan fingerprint density at radius 2 is 2.31 bits per heavy atom. The first-order valence-corrected chi connectivity index (χ1v) is 5.28.